The molecule has 0 bridgehead atoms. The molecule has 0 spiro atoms. The van der Waals surface area contributed by atoms with Crippen LogP contribution in [0, 0.1) is 5.41 Å². The Labute approximate surface area is 61.2 Å². The van der Waals surface area contributed by atoms with Crippen LogP contribution in [0.2, 0.25) is 0 Å². The summed E-state index contributed by atoms with van der Waals surface area (Å²) in [6.07, 6.45) is 2.03. The molecule has 10 heavy (non-hydrogen) atoms. The molecule has 3 N–H and O–H groups in total. The highest BCUT2D eigenvalue weighted by Gasteiger charge is 2.30. The predicted molar refractivity (Wildman–Crippen MR) is 38.6 cm³/mol. The van der Waals surface area contributed by atoms with Gasteiger partial charge in [0.25, 0.3) is 0 Å². The standard InChI is InChI=1S/C7H15NO2/c8-4-7(5-9)2-1-3-10-6-7/h9H,1-6,8H2. The lowest BCUT2D eigenvalue weighted by Gasteiger charge is -2.33. The van der Waals surface area contributed by atoms with Crippen molar-refractivity contribution in [1.82, 2.24) is 0 Å². The summed E-state index contributed by atoms with van der Waals surface area (Å²) in [7, 11) is 0. The highest BCUT2D eigenvalue weighted by molar-refractivity contribution is 4.81. The fourth-order valence-electron chi connectivity index (χ4n) is 1.26. The normalized spacial score (nSPS) is 34.2. The van der Waals surface area contributed by atoms with E-state index in [1.165, 1.54) is 0 Å². The Bertz CT molecular complexity index is 93.8. The minimum atomic E-state index is -0.127. The fraction of sp³-hybridized carbons (Fsp3) is 1.00. The Morgan fingerprint density at radius 3 is 2.70 bits per heavy atom. The quantitative estimate of drug-likeness (QED) is 0.562. The Hall–Kier alpha value is -0.120. The molecule has 1 rings (SSSR count). The number of hydrogen-bond donors (Lipinski definition) is 2. The van der Waals surface area contributed by atoms with E-state index in [2.05, 4.69) is 0 Å². The van der Waals surface area contributed by atoms with Crippen LogP contribution < -0.4 is 5.73 Å². The smallest absolute Gasteiger partial charge is 0.0556 e. The van der Waals surface area contributed by atoms with Crippen LogP contribution in [-0.2, 0) is 4.74 Å². The number of nitrogens with two attached hydrogens (primary N) is 1. The van der Waals surface area contributed by atoms with Crippen LogP contribution in [0.15, 0.2) is 0 Å². The largest absolute Gasteiger partial charge is 0.396 e. The molecule has 3 heteroatoms. The van der Waals surface area contributed by atoms with E-state index in [9.17, 15) is 0 Å². The molecule has 1 unspecified atom stereocenters. The van der Waals surface area contributed by atoms with E-state index in [0.29, 0.717) is 13.2 Å². The van der Waals surface area contributed by atoms with Gasteiger partial charge in [0.05, 0.1) is 13.2 Å². The third-order valence-electron chi connectivity index (χ3n) is 2.17. The highest BCUT2D eigenvalue weighted by Crippen LogP contribution is 2.26. The van der Waals surface area contributed by atoms with Crippen molar-refractivity contribution in [1.29, 1.82) is 0 Å². The molecular formula is C7H15NO2. The molecule has 3 nitrogen and oxygen atoms in total. The van der Waals surface area contributed by atoms with Crippen LogP contribution in [0.4, 0.5) is 0 Å². The monoisotopic (exact) mass is 145 g/mol. The minimum absolute atomic E-state index is 0.127. The van der Waals surface area contributed by atoms with Gasteiger partial charge in [0.2, 0.25) is 0 Å². The molecule has 1 aliphatic rings. The maximum absolute atomic E-state index is 8.98. The fourth-order valence-corrected chi connectivity index (χ4v) is 1.26. The molecule has 0 aliphatic carbocycles. The Morgan fingerprint density at radius 2 is 2.40 bits per heavy atom. The second-order valence-electron chi connectivity index (χ2n) is 3.02. The van der Waals surface area contributed by atoms with Crippen molar-refractivity contribution in [3.05, 3.63) is 0 Å². The maximum atomic E-state index is 8.98. The average Bonchev–Trinajstić information content (AvgIpc) is 2.06. The SMILES string of the molecule is NCC1(CO)CCCOC1. The first-order chi connectivity index (χ1) is 4.83. The van der Waals surface area contributed by atoms with Gasteiger partial charge in [0, 0.05) is 18.6 Å². The number of hydrogen-bond acceptors (Lipinski definition) is 3. The van der Waals surface area contributed by atoms with E-state index in [0.717, 1.165) is 19.4 Å². The van der Waals surface area contributed by atoms with Gasteiger partial charge in [-0.3, -0.25) is 0 Å². The van der Waals surface area contributed by atoms with Crippen molar-refractivity contribution >= 4 is 0 Å². The third-order valence-corrected chi connectivity index (χ3v) is 2.17. The van der Waals surface area contributed by atoms with Crippen molar-refractivity contribution in [2.24, 2.45) is 11.1 Å². The van der Waals surface area contributed by atoms with Crippen molar-refractivity contribution in [3.8, 4) is 0 Å². The first-order valence-corrected chi connectivity index (χ1v) is 3.72. The maximum Gasteiger partial charge on any atom is 0.0556 e. The van der Waals surface area contributed by atoms with Crippen molar-refractivity contribution in [2.75, 3.05) is 26.4 Å². The summed E-state index contributed by atoms with van der Waals surface area (Å²) >= 11 is 0. The van der Waals surface area contributed by atoms with Crippen molar-refractivity contribution in [3.63, 3.8) is 0 Å². The lowest BCUT2D eigenvalue weighted by molar-refractivity contribution is -0.0326. The van der Waals surface area contributed by atoms with Gasteiger partial charge in [0.1, 0.15) is 0 Å². The zero-order valence-corrected chi connectivity index (χ0v) is 6.18. The van der Waals surface area contributed by atoms with Crippen LogP contribution in [-0.4, -0.2) is 31.5 Å². The molecule has 1 saturated heterocycles. The third kappa shape index (κ3) is 1.48. The second kappa shape index (κ2) is 3.32. The number of rotatable bonds is 2. The molecule has 0 aromatic rings. The topological polar surface area (TPSA) is 55.5 Å². The summed E-state index contributed by atoms with van der Waals surface area (Å²) in [5.74, 6) is 0. The van der Waals surface area contributed by atoms with Gasteiger partial charge in [-0.1, -0.05) is 0 Å². The van der Waals surface area contributed by atoms with Gasteiger partial charge >= 0.3 is 0 Å². The molecule has 0 aromatic carbocycles. The summed E-state index contributed by atoms with van der Waals surface area (Å²) in [4.78, 5) is 0. The van der Waals surface area contributed by atoms with E-state index >= 15 is 0 Å². The summed E-state index contributed by atoms with van der Waals surface area (Å²) in [6, 6.07) is 0. The van der Waals surface area contributed by atoms with E-state index < -0.39 is 0 Å². The first kappa shape index (κ1) is 7.98. The van der Waals surface area contributed by atoms with Gasteiger partial charge in [-0.15, -0.1) is 0 Å². The van der Waals surface area contributed by atoms with Gasteiger partial charge in [-0.25, -0.2) is 0 Å². The van der Waals surface area contributed by atoms with Crippen LogP contribution in [0.3, 0.4) is 0 Å². The Balaban J connectivity index is 2.44. The van der Waals surface area contributed by atoms with E-state index in [4.69, 9.17) is 15.6 Å². The first-order valence-electron chi connectivity index (χ1n) is 3.72. The van der Waals surface area contributed by atoms with Gasteiger partial charge in [0.15, 0.2) is 0 Å². The molecule has 60 valence electrons. The van der Waals surface area contributed by atoms with E-state index in [1.807, 2.05) is 0 Å². The molecule has 0 radical (unpaired) electrons. The molecule has 1 atom stereocenters. The van der Waals surface area contributed by atoms with Crippen LogP contribution in [0.5, 0.6) is 0 Å². The lowest BCUT2D eigenvalue weighted by atomic mass is 9.84. The molecule has 0 amide bonds. The zero-order valence-electron chi connectivity index (χ0n) is 6.18. The molecule has 0 saturated carbocycles. The highest BCUT2D eigenvalue weighted by atomic mass is 16.5. The minimum Gasteiger partial charge on any atom is -0.396 e. The second-order valence-corrected chi connectivity index (χ2v) is 3.02. The summed E-state index contributed by atoms with van der Waals surface area (Å²) < 4.78 is 5.23. The summed E-state index contributed by atoms with van der Waals surface area (Å²) in [5, 5.41) is 8.98. The van der Waals surface area contributed by atoms with E-state index in [-0.39, 0.29) is 12.0 Å². The molecule has 0 aromatic heterocycles. The molecule has 1 aliphatic heterocycles. The number of aliphatic hydroxyl groups excluding tert-OH is 1. The predicted octanol–water partition coefficient (Wildman–Crippen LogP) is -0.266. The Morgan fingerprint density at radius 1 is 1.60 bits per heavy atom. The molecule has 1 heterocycles. The van der Waals surface area contributed by atoms with Gasteiger partial charge < -0.3 is 15.6 Å². The molecule has 1 fully saturated rings. The number of aliphatic hydroxyl groups is 1. The van der Waals surface area contributed by atoms with Gasteiger partial charge in [-0.2, -0.15) is 0 Å². The van der Waals surface area contributed by atoms with Crippen LogP contribution in [0.1, 0.15) is 12.8 Å². The van der Waals surface area contributed by atoms with E-state index in [1.54, 1.807) is 0 Å². The summed E-state index contributed by atoms with van der Waals surface area (Å²) in [6.45, 7) is 2.13. The van der Waals surface area contributed by atoms with Gasteiger partial charge in [-0.05, 0) is 12.8 Å². The van der Waals surface area contributed by atoms with Crippen molar-refractivity contribution < 1.29 is 9.84 Å². The van der Waals surface area contributed by atoms with Crippen molar-refractivity contribution in [2.45, 2.75) is 12.8 Å². The van der Waals surface area contributed by atoms with Crippen LogP contribution >= 0.6 is 0 Å². The zero-order chi connectivity index (χ0) is 7.45. The average molecular weight is 145 g/mol. The lowest BCUT2D eigenvalue weighted by Crippen LogP contribution is -2.41. The summed E-state index contributed by atoms with van der Waals surface area (Å²) in [5.41, 5.74) is 5.38. The van der Waals surface area contributed by atoms with Crippen LogP contribution in [0.25, 0.3) is 0 Å². The Kier molecular flexibility index (Phi) is 2.65. The number of ether oxygens (including phenoxy) is 1. The molecular weight excluding hydrogens is 130 g/mol.